The summed E-state index contributed by atoms with van der Waals surface area (Å²) in [4.78, 5) is 14.6. The fraction of sp³-hybridized carbons (Fsp3) is 0.588. The maximum Gasteiger partial charge on any atom is 0.243 e. The van der Waals surface area contributed by atoms with Crippen LogP contribution in [0.25, 0.3) is 0 Å². The zero-order valence-corrected chi connectivity index (χ0v) is 15.2. The number of carbonyl (C=O) groups is 1. The van der Waals surface area contributed by atoms with Crippen LogP contribution in [-0.2, 0) is 14.8 Å². The Morgan fingerprint density at radius 3 is 2.33 bits per heavy atom. The second-order valence-corrected chi connectivity index (χ2v) is 8.90. The van der Waals surface area contributed by atoms with E-state index in [1.165, 1.54) is 16.8 Å². The van der Waals surface area contributed by atoms with Crippen LogP contribution < -0.4 is 0 Å². The number of benzene rings is 1. The van der Waals surface area contributed by atoms with Crippen molar-refractivity contribution in [1.29, 1.82) is 0 Å². The van der Waals surface area contributed by atoms with E-state index in [1.54, 1.807) is 18.2 Å². The van der Waals surface area contributed by atoms with Gasteiger partial charge < -0.3 is 4.90 Å². The molecule has 3 rings (SSSR count). The molecule has 0 spiro atoms. The number of amides is 1. The van der Waals surface area contributed by atoms with Crippen molar-refractivity contribution in [3.8, 4) is 0 Å². The Hall–Kier alpha value is -1.11. The van der Waals surface area contributed by atoms with Gasteiger partial charge in [0.05, 0.1) is 4.90 Å². The van der Waals surface area contributed by atoms with E-state index in [9.17, 15) is 13.2 Å². The minimum absolute atomic E-state index is 0.134. The van der Waals surface area contributed by atoms with Crippen LogP contribution in [0.2, 0.25) is 5.02 Å². The van der Waals surface area contributed by atoms with Crippen molar-refractivity contribution in [3.63, 3.8) is 0 Å². The number of rotatable bonds is 3. The van der Waals surface area contributed by atoms with Gasteiger partial charge in [0.1, 0.15) is 0 Å². The molecule has 132 valence electrons. The van der Waals surface area contributed by atoms with E-state index in [-0.39, 0.29) is 16.7 Å². The van der Waals surface area contributed by atoms with Crippen molar-refractivity contribution < 1.29 is 13.2 Å². The predicted molar refractivity (Wildman–Crippen MR) is 93.4 cm³/mol. The van der Waals surface area contributed by atoms with E-state index in [2.05, 4.69) is 0 Å². The van der Waals surface area contributed by atoms with E-state index in [0.717, 1.165) is 25.7 Å². The molecule has 1 aliphatic heterocycles. The second-order valence-electron chi connectivity index (χ2n) is 6.52. The maximum atomic E-state index is 12.7. The summed E-state index contributed by atoms with van der Waals surface area (Å²) in [5.41, 5.74) is 0. The number of halogens is 1. The quantitative estimate of drug-likeness (QED) is 0.822. The summed E-state index contributed by atoms with van der Waals surface area (Å²) in [6.07, 6.45) is 5.41. The molecule has 0 atom stereocenters. The highest BCUT2D eigenvalue weighted by Crippen LogP contribution is 2.26. The number of carbonyl (C=O) groups excluding carboxylic acids is 1. The van der Waals surface area contributed by atoms with Crippen molar-refractivity contribution in [2.45, 2.75) is 37.0 Å². The van der Waals surface area contributed by atoms with E-state index in [1.807, 2.05) is 4.90 Å². The molecule has 7 heteroatoms. The summed E-state index contributed by atoms with van der Waals surface area (Å²) in [6, 6.07) is 6.32. The normalized spacial score (nSPS) is 21.0. The van der Waals surface area contributed by atoms with E-state index < -0.39 is 10.0 Å². The molecule has 2 aliphatic rings. The summed E-state index contributed by atoms with van der Waals surface area (Å²) in [5, 5.41) is 0.405. The molecule has 5 nitrogen and oxygen atoms in total. The first-order valence-electron chi connectivity index (χ1n) is 8.53. The molecule has 1 aromatic rings. The predicted octanol–water partition coefficient (Wildman–Crippen LogP) is 2.75. The molecule has 1 heterocycles. The molecule has 2 fully saturated rings. The van der Waals surface area contributed by atoms with Gasteiger partial charge in [0.25, 0.3) is 0 Å². The van der Waals surface area contributed by atoms with Gasteiger partial charge in [-0.3, -0.25) is 4.79 Å². The van der Waals surface area contributed by atoms with Gasteiger partial charge in [-0.25, -0.2) is 8.42 Å². The Morgan fingerprint density at radius 1 is 1.04 bits per heavy atom. The van der Waals surface area contributed by atoms with E-state index in [4.69, 9.17) is 11.6 Å². The number of hydrogen-bond acceptors (Lipinski definition) is 3. The zero-order chi connectivity index (χ0) is 17.2. The van der Waals surface area contributed by atoms with Crippen molar-refractivity contribution >= 4 is 27.5 Å². The van der Waals surface area contributed by atoms with Gasteiger partial charge in [-0.05, 0) is 31.0 Å². The van der Waals surface area contributed by atoms with Gasteiger partial charge in [-0.15, -0.1) is 0 Å². The molecule has 0 bridgehead atoms. The third-order valence-corrected chi connectivity index (χ3v) is 7.07. The number of nitrogens with zero attached hydrogens (tertiary/aromatic N) is 2. The minimum Gasteiger partial charge on any atom is -0.340 e. The van der Waals surface area contributed by atoms with E-state index >= 15 is 0 Å². The lowest BCUT2D eigenvalue weighted by Crippen LogP contribution is -2.52. The first kappa shape index (κ1) is 17.7. The van der Waals surface area contributed by atoms with Crippen LogP contribution in [0, 0.1) is 5.92 Å². The molecular formula is C17H23ClN2O3S. The van der Waals surface area contributed by atoms with Gasteiger partial charge in [0, 0.05) is 37.1 Å². The van der Waals surface area contributed by atoms with Crippen molar-refractivity contribution in [1.82, 2.24) is 9.21 Å². The molecule has 0 unspecified atom stereocenters. The van der Waals surface area contributed by atoms with Gasteiger partial charge in [0.15, 0.2) is 0 Å². The SMILES string of the molecule is O=C(C1CCCCC1)N1CCN(S(=O)(=O)c2cccc(Cl)c2)CC1. The Kier molecular flexibility index (Phi) is 5.47. The van der Waals surface area contributed by atoms with Crippen LogP contribution in [0.4, 0.5) is 0 Å². The van der Waals surface area contributed by atoms with Crippen LogP contribution in [0.1, 0.15) is 32.1 Å². The standard InChI is InChI=1S/C17H23ClN2O3S/c18-15-7-4-8-16(13-15)24(22,23)20-11-9-19(10-12-20)17(21)14-5-2-1-3-6-14/h4,7-8,13-14H,1-3,5-6,9-12H2. The third-order valence-electron chi connectivity index (χ3n) is 4.94. The fourth-order valence-electron chi connectivity index (χ4n) is 3.53. The Bertz CT molecular complexity index is 694. The highest BCUT2D eigenvalue weighted by atomic mass is 35.5. The highest BCUT2D eigenvalue weighted by Gasteiger charge is 2.32. The molecule has 0 N–H and O–H groups in total. The average Bonchev–Trinajstić information content (AvgIpc) is 2.62. The fourth-order valence-corrected chi connectivity index (χ4v) is 5.26. The maximum absolute atomic E-state index is 12.7. The van der Waals surface area contributed by atoms with Crippen LogP contribution in [0.15, 0.2) is 29.2 Å². The zero-order valence-electron chi connectivity index (χ0n) is 13.7. The summed E-state index contributed by atoms with van der Waals surface area (Å²) >= 11 is 5.90. The lowest BCUT2D eigenvalue weighted by atomic mass is 9.88. The summed E-state index contributed by atoms with van der Waals surface area (Å²) in [5.74, 6) is 0.337. The van der Waals surface area contributed by atoms with Crippen LogP contribution in [0.5, 0.6) is 0 Å². The van der Waals surface area contributed by atoms with Gasteiger partial charge >= 0.3 is 0 Å². The van der Waals surface area contributed by atoms with Gasteiger partial charge in [-0.1, -0.05) is 36.9 Å². The number of hydrogen-bond donors (Lipinski definition) is 0. The minimum atomic E-state index is -3.55. The molecule has 1 saturated heterocycles. The monoisotopic (exact) mass is 370 g/mol. The molecule has 0 radical (unpaired) electrons. The van der Waals surface area contributed by atoms with Crippen LogP contribution >= 0.6 is 11.6 Å². The molecule has 1 amide bonds. The largest absolute Gasteiger partial charge is 0.340 e. The van der Waals surface area contributed by atoms with E-state index in [0.29, 0.717) is 31.2 Å². The summed E-state index contributed by atoms with van der Waals surface area (Å²) in [7, 11) is -3.55. The first-order valence-corrected chi connectivity index (χ1v) is 10.3. The molecule has 1 aromatic carbocycles. The van der Waals surface area contributed by atoms with Crippen molar-refractivity contribution in [3.05, 3.63) is 29.3 Å². The molecule has 1 saturated carbocycles. The Balaban J connectivity index is 1.63. The Labute approximate surface area is 148 Å². The highest BCUT2D eigenvalue weighted by molar-refractivity contribution is 7.89. The molecule has 0 aromatic heterocycles. The summed E-state index contributed by atoms with van der Waals surface area (Å²) in [6.45, 7) is 1.62. The lowest BCUT2D eigenvalue weighted by Gasteiger charge is -2.36. The number of piperazine rings is 1. The average molecular weight is 371 g/mol. The van der Waals surface area contributed by atoms with Gasteiger partial charge in [0.2, 0.25) is 15.9 Å². The van der Waals surface area contributed by atoms with Crippen LogP contribution in [0.3, 0.4) is 0 Å². The second kappa shape index (κ2) is 7.42. The van der Waals surface area contributed by atoms with Crippen LogP contribution in [-0.4, -0.2) is 49.7 Å². The first-order chi connectivity index (χ1) is 11.5. The number of sulfonamides is 1. The summed E-state index contributed by atoms with van der Waals surface area (Å²) < 4.78 is 26.8. The van der Waals surface area contributed by atoms with Gasteiger partial charge in [-0.2, -0.15) is 4.31 Å². The Morgan fingerprint density at radius 2 is 1.71 bits per heavy atom. The lowest BCUT2D eigenvalue weighted by molar-refractivity contribution is -0.137. The van der Waals surface area contributed by atoms with Crippen molar-refractivity contribution in [2.24, 2.45) is 5.92 Å². The topological polar surface area (TPSA) is 57.7 Å². The molecule has 1 aliphatic carbocycles. The third kappa shape index (κ3) is 3.76. The molecule has 24 heavy (non-hydrogen) atoms. The smallest absolute Gasteiger partial charge is 0.243 e. The molecular weight excluding hydrogens is 348 g/mol. The van der Waals surface area contributed by atoms with Crippen molar-refractivity contribution in [2.75, 3.05) is 26.2 Å².